The van der Waals surface area contributed by atoms with E-state index in [0.29, 0.717) is 6.61 Å². The Balaban J connectivity index is 0.00000289. The molecular formula is C27H29ClN2O2. The molecule has 1 aromatic heterocycles. The summed E-state index contributed by atoms with van der Waals surface area (Å²) in [4.78, 5) is 7.22. The summed E-state index contributed by atoms with van der Waals surface area (Å²) in [5, 5.41) is 2.29. The fourth-order valence-electron chi connectivity index (χ4n) is 3.63. The Kier molecular flexibility index (Phi) is 8.09. The van der Waals surface area contributed by atoms with Gasteiger partial charge in [0.15, 0.2) is 0 Å². The molecule has 3 aromatic carbocycles. The minimum absolute atomic E-state index is 0. The number of ether oxygens (including phenoxy) is 2. The molecule has 5 heteroatoms. The second-order valence-corrected chi connectivity index (χ2v) is 7.84. The third-order valence-corrected chi connectivity index (χ3v) is 5.25. The Morgan fingerprint density at radius 2 is 1.59 bits per heavy atom. The van der Waals surface area contributed by atoms with Crippen LogP contribution in [0.25, 0.3) is 33.3 Å². The number of aromatic nitrogens is 1. The van der Waals surface area contributed by atoms with Crippen molar-refractivity contribution in [1.82, 2.24) is 9.88 Å². The first kappa shape index (κ1) is 23.6. The number of halogens is 1. The van der Waals surface area contributed by atoms with E-state index in [9.17, 15) is 0 Å². The average Bonchev–Trinajstić information content (AvgIpc) is 2.81. The molecule has 0 saturated heterocycles. The fourth-order valence-corrected chi connectivity index (χ4v) is 3.63. The van der Waals surface area contributed by atoms with Crippen molar-refractivity contribution in [2.24, 2.45) is 0 Å². The van der Waals surface area contributed by atoms with Gasteiger partial charge >= 0.3 is 0 Å². The molecule has 0 atom stereocenters. The minimum Gasteiger partial charge on any atom is -0.497 e. The Hall–Kier alpha value is -3.08. The summed E-state index contributed by atoms with van der Waals surface area (Å²) in [6.45, 7) is 1.71. The normalized spacial score (nSPS) is 10.8. The predicted octanol–water partition coefficient (Wildman–Crippen LogP) is 6.33. The number of nitrogens with zero attached hydrogens (tertiary/aromatic N) is 2. The van der Waals surface area contributed by atoms with Crippen LogP contribution in [-0.4, -0.2) is 44.2 Å². The van der Waals surface area contributed by atoms with Crippen LogP contribution < -0.4 is 9.47 Å². The Morgan fingerprint density at radius 1 is 0.812 bits per heavy atom. The Bertz CT molecular complexity index is 1160. The maximum Gasteiger partial charge on any atom is 0.119 e. The summed E-state index contributed by atoms with van der Waals surface area (Å²) in [5.74, 6) is 1.71. The van der Waals surface area contributed by atoms with Crippen molar-refractivity contribution < 1.29 is 9.47 Å². The van der Waals surface area contributed by atoms with Gasteiger partial charge in [0.05, 0.1) is 25.1 Å². The maximum atomic E-state index is 6.00. The van der Waals surface area contributed by atoms with E-state index in [0.717, 1.165) is 57.8 Å². The molecule has 166 valence electrons. The van der Waals surface area contributed by atoms with Gasteiger partial charge in [-0.2, -0.15) is 0 Å². The number of pyridine rings is 1. The standard InChI is InChI=1S/C27H28N2O2.ClH/c1-29(2)16-7-17-31-24-10-6-9-22(18-24)27-25-11-5-4-8-21(25)19-26(28-27)20-12-14-23(30-3)15-13-20;/h4-6,8-15,18-19H,7,16-17H2,1-3H3;1H. The summed E-state index contributed by atoms with van der Waals surface area (Å²) < 4.78 is 11.3. The van der Waals surface area contributed by atoms with Crippen LogP contribution in [0.3, 0.4) is 0 Å². The maximum absolute atomic E-state index is 6.00. The molecule has 0 amide bonds. The van der Waals surface area contributed by atoms with E-state index in [-0.39, 0.29) is 12.4 Å². The van der Waals surface area contributed by atoms with Crippen LogP contribution in [0.4, 0.5) is 0 Å². The summed E-state index contributed by atoms with van der Waals surface area (Å²) >= 11 is 0. The highest BCUT2D eigenvalue weighted by molar-refractivity contribution is 5.97. The van der Waals surface area contributed by atoms with Crippen LogP contribution in [0, 0.1) is 0 Å². The molecule has 4 aromatic rings. The first-order chi connectivity index (χ1) is 15.1. The zero-order valence-electron chi connectivity index (χ0n) is 18.7. The van der Waals surface area contributed by atoms with E-state index in [4.69, 9.17) is 14.5 Å². The van der Waals surface area contributed by atoms with Crippen LogP contribution in [0.2, 0.25) is 0 Å². The van der Waals surface area contributed by atoms with Crippen LogP contribution in [0.1, 0.15) is 6.42 Å². The number of benzene rings is 3. The van der Waals surface area contributed by atoms with Crippen molar-refractivity contribution in [3.63, 3.8) is 0 Å². The predicted molar refractivity (Wildman–Crippen MR) is 135 cm³/mol. The van der Waals surface area contributed by atoms with Gasteiger partial charge in [-0.3, -0.25) is 0 Å². The summed E-state index contributed by atoms with van der Waals surface area (Å²) in [5.41, 5.74) is 4.01. The van der Waals surface area contributed by atoms with Gasteiger partial charge in [-0.1, -0.05) is 36.4 Å². The lowest BCUT2D eigenvalue weighted by molar-refractivity contribution is 0.281. The van der Waals surface area contributed by atoms with Gasteiger partial charge in [0.1, 0.15) is 11.5 Å². The monoisotopic (exact) mass is 448 g/mol. The third-order valence-electron chi connectivity index (χ3n) is 5.25. The van der Waals surface area contributed by atoms with Crippen molar-refractivity contribution in [2.75, 3.05) is 34.4 Å². The van der Waals surface area contributed by atoms with Gasteiger partial charge in [-0.05, 0) is 68.4 Å². The molecule has 0 aliphatic carbocycles. The third kappa shape index (κ3) is 5.58. The van der Waals surface area contributed by atoms with E-state index in [2.05, 4.69) is 61.5 Å². The van der Waals surface area contributed by atoms with E-state index < -0.39 is 0 Å². The number of fused-ring (bicyclic) bond motifs is 1. The largest absolute Gasteiger partial charge is 0.497 e. The summed E-state index contributed by atoms with van der Waals surface area (Å²) in [6, 6.07) is 26.8. The number of methoxy groups -OCH3 is 1. The summed E-state index contributed by atoms with van der Waals surface area (Å²) in [7, 11) is 5.83. The molecule has 4 nitrogen and oxygen atoms in total. The van der Waals surface area contributed by atoms with Gasteiger partial charge in [-0.25, -0.2) is 4.98 Å². The van der Waals surface area contributed by atoms with Crippen LogP contribution >= 0.6 is 12.4 Å². The Morgan fingerprint density at radius 3 is 2.34 bits per heavy atom. The molecule has 1 heterocycles. The van der Waals surface area contributed by atoms with Crippen molar-refractivity contribution in [1.29, 1.82) is 0 Å². The van der Waals surface area contributed by atoms with Crippen molar-refractivity contribution >= 4 is 23.2 Å². The van der Waals surface area contributed by atoms with Gasteiger partial charge < -0.3 is 14.4 Å². The topological polar surface area (TPSA) is 34.6 Å². The van der Waals surface area contributed by atoms with Crippen molar-refractivity contribution in [3.8, 4) is 34.0 Å². The second kappa shape index (κ2) is 11.0. The molecule has 0 aliphatic rings. The van der Waals surface area contributed by atoms with Crippen LogP contribution in [0.15, 0.2) is 78.9 Å². The lowest BCUT2D eigenvalue weighted by Crippen LogP contribution is -2.15. The highest BCUT2D eigenvalue weighted by Gasteiger charge is 2.11. The second-order valence-electron chi connectivity index (χ2n) is 7.84. The molecule has 4 rings (SSSR count). The molecule has 0 spiro atoms. The smallest absolute Gasteiger partial charge is 0.119 e. The first-order valence-corrected chi connectivity index (χ1v) is 10.6. The highest BCUT2D eigenvalue weighted by Crippen LogP contribution is 2.33. The van der Waals surface area contributed by atoms with Crippen molar-refractivity contribution in [2.45, 2.75) is 6.42 Å². The van der Waals surface area contributed by atoms with E-state index in [1.54, 1.807) is 7.11 Å². The lowest BCUT2D eigenvalue weighted by Gasteiger charge is -2.13. The molecule has 32 heavy (non-hydrogen) atoms. The molecule has 0 aliphatic heterocycles. The number of hydrogen-bond acceptors (Lipinski definition) is 4. The van der Waals surface area contributed by atoms with Gasteiger partial charge in [0.25, 0.3) is 0 Å². The van der Waals surface area contributed by atoms with E-state index >= 15 is 0 Å². The van der Waals surface area contributed by atoms with Gasteiger partial charge in [0, 0.05) is 23.1 Å². The average molecular weight is 449 g/mol. The van der Waals surface area contributed by atoms with E-state index in [1.807, 2.05) is 36.4 Å². The molecular weight excluding hydrogens is 420 g/mol. The lowest BCUT2D eigenvalue weighted by atomic mass is 10.0. The van der Waals surface area contributed by atoms with Gasteiger partial charge in [-0.15, -0.1) is 12.4 Å². The molecule has 0 bridgehead atoms. The molecule has 0 radical (unpaired) electrons. The van der Waals surface area contributed by atoms with Crippen LogP contribution in [0.5, 0.6) is 11.5 Å². The fraction of sp³-hybridized carbons (Fsp3) is 0.222. The first-order valence-electron chi connectivity index (χ1n) is 10.6. The van der Waals surface area contributed by atoms with E-state index in [1.165, 1.54) is 0 Å². The molecule has 0 fully saturated rings. The molecule has 0 unspecified atom stereocenters. The molecule has 0 N–H and O–H groups in total. The van der Waals surface area contributed by atoms with Crippen molar-refractivity contribution in [3.05, 3.63) is 78.9 Å². The van der Waals surface area contributed by atoms with Crippen LogP contribution in [-0.2, 0) is 0 Å². The SMILES string of the molecule is COc1ccc(-c2cc3ccccc3c(-c3cccc(OCCCN(C)C)c3)n2)cc1.Cl. The zero-order chi connectivity index (χ0) is 21.6. The number of hydrogen-bond donors (Lipinski definition) is 0. The summed E-state index contributed by atoms with van der Waals surface area (Å²) in [6.07, 6.45) is 0.991. The zero-order valence-corrected chi connectivity index (χ0v) is 19.6. The molecule has 0 saturated carbocycles. The highest BCUT2D eigenvalue weighted by atomic mass is 35.5. The van der Waals surface area contributed by atoms with Gasteiger partial charge in [0.2, 0.25) is 0 Å². The Labute approximate surface area is 196 Å². The quantitative estimate of drug-likeness (QED) is 0.295. The minimum atomic E-state index is 0. The number of rotatable bonds is 8.